The second kappa shape index (κ2) is 8.60. The molecule has 0 radical (unpaired) electrons. The molecule has 0 saturated carbocycles. The predicted octanol–water partition coefficient (Wildman–Crippen LogP) is 2.57. The highest BCUT2D eigenvalue weighted by Gasteiger charge is 2.22. The zero-order chi connectivity index (χ0) is 16.7. The first-order chi connectivity index (χ1) is 10.4. The molecule has 0 spiro atoms. The summed E-state index contributed by atoms with van der Waals surface area (Å²) in [6.07, 6.45) is 0.273. The van der Waals surface area contributed by atoms with E-state index in [1.165, 1.54) is 12.1 Å². The summed E-state index contributed by atoms with van der Waals surface area (Å²) in [4.78, 5) is 33.3. The smallest absolute Gasteiger partial charge is 0.326 e. The number of carbonyl (C=O) groups is 2. The Balaban J connectivity index is 2.83. The molecule has 2 N–H and O–H groups in total. The molecule has 0 fully saturated rings. The topological polar surface area (TPSA) is 110 Å². The van der Waals surface area contributed by atoms with Crippen LogP contribution in [0.4, 0.5) is 5.69 Å². The minimum Gasteiger partial charge on any atom is -0.480 e. The van der Waals surface area contributed by atoms with Crippen LogP contribution in [0.5, 0.6) is 0 Å². The lowest BCUT2D eigenvalue weighted by Gasteiger charge is -2.14. The van der Waals surface area contributed by atoms with Crippen LogP contribution in [0.25, 0.3) is 0 Å². The molecule has 0 heterocycles. The number of nitro groups is 1. The first-order valence-corrected chi connectivity index (χ1v) is 7.95. The molecule has 0 aliphatic rings. The highest BCUT2D eigenvalue weighted by Crippen LogP contribution is 2.25. The molecule has 1 rings (SSSR count). The van der Waals surface area contributed by atoms with Crippen molar-refractivity contribution in [3.8, 4) is 0 Å². The van der Waals surface area contributed by atoms with E-state index < -0.39 is 28.5 Å². The molecular formula is C13H15ClN2O5S. The van der Waals surface area contributed by atoms with E-state index in [0.29, 0.717) is 5.75 Å². The van der Waals surface area contributed by atoms with Gasteiger partial charge in [0.2, 0.25) is 0 Å². The van der Waals surface area contributed by atoms with Crippen LogP contribution in [0.15, 0.2) is 18.2 Å². The number of halogens is 1. The van der Waals surface area contributed by atoms with Crippen LogP contribution in [-0.2, 0) is 4.79 Å². The molecule has 7 nitrogen and oxygen atoms in total. The Hall–Kier alpha value is -1.80. The minimum atomic E-state index is -1.14. The van der Waals surface area contributed by atoms with Gasteiger partial charge in [-0.1, -0.05) is 18.5 Å². The van der Waals surface area contributed by atoms with Crippen LogP contribution in [0.1, 0.15) is 23.7 Å². The van der Waals surface area contributed by atoms with Crippen LogP contribution < -0.4 is 5.32 Å². The lowest BCUT2D eigenvalue weighted by atomic mass is 10.1. The van der Waals surface area contributed by atoms with E-state index in [9.17, 15) is 19.7 Å². The lowest BCUT2D eigenvalue weighted by molar-refractivity contribution is -0.384. The monoisotopic (exact) mass is 346 g/mol. The number of aliphatic carboxylic acids is 1. The lowest BCUT2D eigenvalue weighted by Crippen LogP contribution is -2.41. The van der Waals surface area contributed by atoms with Gasteiger partial charge in [0.1, 0.15) is 11.1 Å². The summed E-state index contributed by atoms with van der Waals surface area (Å²) in [7, 11) is 0. The van der Waals surface area contributed by atoms with Crippen molar-refractivity contribution in [2.24, 2.45) is 0 Å². The number of rotatable bonds is 8. The van der Waals surface area contributed by atoms with Gasteiger partial charge in [-0.05, 0) is 30.1 Å². The molecule has 22 heavy (non-hydrogen) atoms. The third-order valence-corrected chi connectivity index (χ3v) is 4.02. The molecule has 1 unspecified atom stereocenters. The van der Waals surface area contributed by atoms with Crippen LogP contribution in [-0.4, -0.2) is 39.5 Å². The fraction of sp³-hybridized carbons (Fsp3) is 0.385. The Kier molecular flexibility index (Phi) is 7.13. The number of carboxylic acids is 1. The van der Waals surface area contributed by atoms with Gasteiger partial charge in [0.25, 0.3) is 11.6 Å². The van der Waals surface area contributed by atoms with Gasteiger partial charge in [0, 0.05) is 11.6 Å². The zero-order valence-electron chi connectivity index (χ0n) is 11.7. The van der Waals surface area contributed by atoms with Gasteiger partial charge in [-0.3, -0.25) is 14.9 Å². The normalized spacial score (nSPS) is 11.7. The van der Waals surface area contributed by atoms with E-state index in [-0.39, 0.29) is 17.0 Å². The van der Waals surface area contributed by atoms with E-state index in [1.54, 1.807) is 11.8 Å². The van der Waals surface area contributed by atoms with E-state index in [1.807, 2.05) is 6.92 Å². The Morgan fingerprint density at radius 2 is 2.18 bits per heavy atom. The fourth-order valence-electron chi connectivity index (χ4n) is 1.64. The van der Waals surface area contributed by atoms with Crippen LogP contribution >= 0.6 is 23.4 Å². The maximum Gasteiger partial charge on any atom is 0.326 e. The molecule has 1 amide bonds. The average molecular weight is 347 g/mol. The number of carboxylic acid groups (broad SMARTS) is 1. The number of hydrogen-bond donors (Lipinski definition) is 2. The van der Waals surface area contributed by atoms with Gasteiger partial charge >= 0.3 is 5.97 Å². The maximum absolute atomic E-state index is 12.0. The number of amides is 1. The highest BCUT2D eigenvalue weighted by molar-refractivity contribution is 7.99. The number of nitrogens with one attached hydrogen (secondary N) is 1. The van der Waals surface area contributed by atoms with E-state index in [4.69, 9.17) is 16.7 Å². The predicted molar refractivity (Wildman–Crippen MR) is 84.6 cm³/mol. The molecule has 0 saturated heterocycles. The second-order valence-corrected chi connectivity index (χ2v) is 6.07. The summed E-state index contributed by atoms with van der Waals surface area (Å²) >= 11 is 7.23. The van der Waals surface area contributed by atoms with Crippen molar-refractivity contribution in [1.82, 2.24) is 5.32 Å². The number of thioether (sulfide) groups is 1. The molecule has 9 heteroatoms. The third kappa shape index (κ3) is 5.19. The molecule has 1 atom stereocenters. The standard InChI is InChI=1S/C13H15ClN2O5S/c1-2-22-6-5-10(13(18)19)15-12(17)8-3-4-9(14)11(7-8)16(20)21/h3-4,7,10H,2,5-6H2,1H3,(H,15,17)(H,18,19). The maximum atomic E-state index is 12.0. The van der Waals surface area contributed by atoms with Gasteiger partial charge in [0.15, 0.2) is 0 Å². The summed E-state index contributed by atoms with van der Waals surface area (Å²) in [6.45, 7) is 1.95. The Labute approximate surface area is 136 Å². The summed E-state index contributed by atoms with van der Waals surface area (Å²) in [6, 6.07) is 2.53. The van der Waals surface area contributed by atoms with Crippen molar-refractivity contribution in [2.75, 3.05) is 11.5 Å². The number of nitrogens with zero attached hydrogens (tertiary/aromatic N) is 1. The van der Waals surface area contributed by atoms with E-state index in [2.05, 4.69) is 5.32 Å². The molecule has 1 aromatic carbocycles. The molecular weight excluding hydrogens is 332 g/mol. The van der Waals surface area contributed by atoms with E-state index in [0.717, 1.165) is 11.8 Å². The van der Waals surface area contributed by atoms with Crippen molar-refractivity contribution in [3.05, 3.63) is 38.9 Å². The van der Waals surface area contributed by atoms with Crippen LogP contribution in [0.2, 0.25) is 5.02 Å². The van der Waals surface area contributed by atoms with Gasteiger partial charge in [-0.15, -0.1) is 0 Å². The molecule has 0 aromatic heterocycles. The number of benzene rings is 1. The van der Waals surface area contributed by atoms with Crippen molar-refractivity contribution in [2.45, 2.75) is 19.4 Å². The largest absolute Gasteiger partial charge is 0.480 e. The second-order valence-electron chi connectivity index (χ2n) is 4.27. The quantitative estimate of drug-likeness (QED) is 0.425. The number of nitro benzene ring substituents is 1. The van der Waals surface area contributed by atoms with E-state index >= 15 is 0 Å². The Morgan fingerprint density at radius 3 is 2.73 bits per heavy atom. The first kappa shape index (κ1) is 18.2. The van der Waals surface area contributed by atoms with Gasteiger partial charge in [-0.25, -0.2) is 4.79 Å². The number of hydrogen-bond acceptors (Lipinski definition) is 5. The Bertz CT molecular complexity index is 582. The summed E-state index contributed by atoms with van der Waals surface area (Å²) in [5, 5.41) is 22.2. The van der Waals surface area contributed by atoms with Gasteiger partial charge in [-0.2, -0.15) is 11.8 Å². The fourth-order valence-corrected chi connectivity index (χ4v) is 2.52. The average Bonchev–Trinajstić information content (AvgIpc) is 2.46. The van der Waals surface area contributed by atoms with Crippen LogP contribution in [0.3, 0.4) is 0 Å². The van der Waals surface area contributed by atoms with Crippen molar-refractivity contribution in [3.63, 3.8) is 0 Å². The summed E-state index contributed by atoms with van der Waals surface area (Å²) in [5.74, 6) is -0.389. The van der Waals surface area contributed by atoms with Crippen molar-refractivity contribution < 1.29 is 19.6 Å². The molecule has 0 bridgehead atoms. The molecule has 0 aliphatic heterocycles. The highest BCUT2D eigenvalue weighted by atomic mass is 35.5. The molecule has 120 valence electrons. The molecule has 1 aromatic rings. The SMILES string of the molecule is CCSCCC(NC(=O)c1ccc(Cl)c([N+](=O)[O-])c1)C(=O)O. The molecule has 0 aliphatic carbocycles. The first-order valence-electron chi connectivity index (χ1n) is 6.42. The zero-order valence-corrected chi connectivity index (χ0v) is 13.3. The van der Waals surface area contributed by atoms with Crippen molar-refractivity contribution >= 4 is 40.9 Å². The summed E-state index contributed by atoms with van der Waals surface area (Å²) < 4.78 is 0. The van der Waals surface area contributed by atoms with Crippen LogP contribution in [0, 0.1) is 10.1 Å². The van der Waals surface area contributed by atoms with Gasteiger partial charge in [0.05, 0.1) is 4.92 Å². The number of carbonyl (C=O) groups excluding carboxylic acids is 1. The minimum absolute atomic E-state index is 0.00880. The van der Waals surface area contributed by atoms with Gasteiger partial charge < -0.3 is 10.4 Å². The third-order valence-electron chi connectivity index (χ3n) is 2.76. The Morgan fingerprint density at radius 1 is 1.50 bits per heavy atom. The van der Waals surface area contributed by atoms with Crippen molar-refractivity contribution in [1.29, 1.82) is 0 Å². The summed E-state index contributed by atoms with van der Waals surface area (Å²) in [5.41, 5.74) is -0.409.